The van der Waals surface area contributed by atoms with Gasteiger partial charge >= 0.3 is 0 Å². The van der Waals surface area contributed by atoms with Crippen LogP contribution in [0.15, 0.2) is 18.5 Å². The number of aliphatic hydroxyl groups is 1. The molecule has 0 aromatic carbocycles. The van der Waals surface area contributed by atoms with Gasteiger partial charge in [0.05, 0.1) is 30.4 Å². The lowest BCUT2D eigenvalue weighted by Crippen LogP contribution is -2.38. The summed E-state index contributed by atoms with van der Waals surface area (Å²) in [6.45, 7) is 0.00580. The number of carbonyl (C=O) groups is 2. The molecule has 1 aromatic heterocycles. The average Bonchev–Trinajstić information content (AvgIpc) is 2.56. The Morgan fingerprint density at radius 3 is 2.76 bits per heavy atom. The van der Waals surface area contributed by atoms with Crippen LogP contribution in [0.4, 0.5) is 0 Å². The molecule has 0 aliphatic carbocycles. The van der Waals surface area contributed by atoms with E-state index in [1.54, 1.807) is 0 Å². The lowest BCUT2D eigenvalue weighted by molar-refractivity contribution is 0.0323. The number of β-amino-alcohol motifs (C(OH)–C–C–N with tert-alkyl or cyclic N) is 1. The van der Waals surface area contributed by atoms with Crippen LogP contribution in [-0.2, 0) is 4.74 Å². The maximum Gasteiger partial charge on any atom is 0.263 e. The number of methoxy groups -OCH3 is 1. The Labute approximate surface area is 97.8 Å². The molecule has 6 heteroatoms. The SMILES string of the molecule is COCC(O)CN1C(=O)c2ccncc2C1=O. The van der Waals surface area contributed by atoms with Crippen molar-refractivity contribution >= 4 is 11.8 Å². The van der Waals surface area contributed by atoms with Crippen LogP contribution in [0.3, 0.4) is 0 Å². The molecule has 1 unspecified atom stereocenters. The Hall–Kier alpha value is -1.79. The zero-order chi connectivity index (χ0) is 12.4. The third kappa shape index (κ3) is 2.04. The summed E-state index contributed by atoms with van der Waals surface area (Å²) in [5, 5.41) is 9.54. The molecule has 0 saturated carbocycles. The zero-order valence-corrected chi connectivity index (χ0v) is 9.29. The van der Waals surface area contributed by atoms with Crippen LogP contribution >= 0.6 is 0 Å². The van der Waals surface area contributed by atoms with Gasteiger partial charge in [-0.1, -0.05) is 0 Å². The highest BCUT2D eigenvalue weighted by molar-refractivity contribution is 6.21. The smallest absolute Gasteiger partial charge is 0.263 e. The van der Waals surface area contributed by atoms with Crippen LogP contribution in [-0.4, -0.2) is 53.2 Å². The van der Waals surface area contributed by atoms with Gasteiger partial charge in [-0.3, -0.25) is 19.5 Å². The predicted molar refractivity (Wildman–Crippen MR) is 57.5 cm³/mol. The van der Waals surface area contributed by atoms with Gasteiger partial charge in [-0.15, -0.1) is 0 Å². The first kappa shape index (κ1) is 11.7. The van der Waals surface area contributed by atoms with E-state index in [1.165, 1.54) is 25.6 Å². The van der Waals surface area contributed by atoms with Crippen LogP contribution in [0.2, 0.25) is 0 Å². The van der Waals surface area contributed by atoms with Crippen molar-refractivity contribution in [3.05, 3.63) is 29.6 Å². The normalized spacial score (nSPS) is 16.2. The molecule has 2 rings (SSSR count). The maximum absolute atomic E-state index is 11.9. The standard InChI is InChI=1S/C11H12N2O4/c1-17-6-7(14)5-13-10(15)8-2-3-12-4-9(8)11(13)16/h2-4,7,14H,5-6H2,1H3. The summed E-state index contributed by atoms with van der Waals surface area (Å²) in [6.07, 6.45) is 1.94. The topological polar surface area (TPSA) is 79.7 Å². The molecular formula is C11H12N2O4. The number of aliphatic hydroxyl groups excluding tert-OH is 1. The monoisotopic (exact) mass is 236 g/mol. The summed E-state index contributed by atoms with van der Waals surface area (Å²) < 4.78 is 4.75. The molecule has 0 radical (unpaired) electrons. The molecule has 1 aliphatic rings. The number of amides is 2. The third-order valence-corrected chi connectivity index (χ3v) is 2.52. The average molecular weight is 236 g/mol. The van der Waals surface area contributed by atoms with E-state index in [-0.39, 0.29) is 18.7 Å². The fourth-order valence-electron chi connectivity index (χ4n) is 1.76. The highest BCUT2D eigenvalue weighted by Gasteiger charge is 2.36. The molecule has 0 saturated heterocycles. The Balaban J connectivity index is 2.19. The number of rotatable bonds is 4. The summed E-state index contributed by atoms with van der Waals surface area (Å²) in [7, 11) is 1.44. The van der Waals surface area contributed by atoms with E-state index < -0.39 is 17.9 Å². The van der Waals surface area contributed by atoms with Crippen LogP contribution in [0.1, 0.15) is 20.7 Å². The molecule has 1 aromatic rings. The van der Waals surface area contributed by atoms with E-state index in [0.717, 1.165) is 4.90 Å². The molecule has 1 N–H and O–H groups in total. The highest BCUT2D eigenvalue weighted by atomic mass is 16.5. The van der Waals surface area contributed by atoms with E-state index >= 15 is 0 Å². The van der Waals surface area contributed by atoms with Crippen LogP contribution < -0.4 is 0 Å². The lowest BCUT2D eigenvalue weighted by Gasteiger charge is -2.17. The van der Waals surface area contributed by atoms with Crippen molar-refractivity contribution in [3.8, 4) is 0 Å². The van der Waals surface area contributed by atoms with Crippen molar-refractivity contribution in [2.45, 2.75) is 6.10 Å². The van der Waals surface area contributed by atoms with Crippen molar-refractivity contribution in [2.24, 2.45) is 0 Å². The molecule has 2 amide bonds. The van der Waals surface area contributed by atoms with Crippen molar-refractivity contribution < 1.29 is 19.4 Å². The fourth-order valence-corrected chi connectivity index (χ4v) is 1.76. The summed E-state index contributed by atoms with van der Waals surface area (Å²) in [5.74, 6) is -0.823. The number of nitrogens with zero attached hydrogens (tertiary/aromatic N) is 2. The second-order valence-electron chi connectivity index (χ2n) is 3.75. The second kappa shape index (κ2) is 4.60. The van der Waals surface area contributed by atoms with Crippen molar-refractivity contribution in [1.82, 2.24) is 9.88 Å². The van der Waals surface area contributed by atoms with E-state index in [1.807, 2.05) is 0 Å². The maximum atomic E-state index is 11.9. The third-order valence-electron chi connectivity index (χ3n) is 2.52. The first-order valence-electron chi connectivity index (χ1n) is 5.12. The van der Waals surface area contributed by atoms with Gasteiger partial charge in [0.2, 0.25) is 0 Å². The second-order valence-corrected chi connectivity index (χ2v) is 3.75. The number of pyridine rings is 1. The van der Waals surface area contributed by atoms with Gasteiger partial charge < -0.3 is 9.84 Å². The van der Waals surface area contributed by atoms with Crippen molar-refractivity contribution in [2.75, 3.05) is 20.3 Å². The number of carbonyl (C=O) groups excluding carboxylic acids is 2. The van der Waals surface area contributed by atoms with Crippen molar-refractivity contribution in [1.29, 1.82) is 0 Å². The van der Waals surface area contributed by atoms with Crippen LogP contribution in [0.25, 0.3) is 0 Å². The van der Waals surface area contributed by atoms with Gasteiger partial charge in [0, 0.05) is 19.5 Å². The molecule has 17 heavy (non-hydrogen) atoms. The molecular weight excluding hydrogens is 224 g/mol. The van der Waals surface area contributed by atoms with Gasteiger partial charge in [-0.05, 0) is 6.07 Å². The van der Waals surface area contributed by atoms with E-state index in [0.29, 0.717) is 5.56 Å². The molecule has 0 fully saturated rings. The predicted octanol–water partition coefficient (Wildman–Crippen LogP) is -0.315. The van der Waals surface area contributed by atoms with Gasteiger partial charge in [-0.25, -0.2) is 0 Å². The molecule has 1 atom stereocenters. The minimum Gasteiger partial charge on any atom is -0.389 e. The first-order chi connectivity index (χ1) is 8.15. The molecule has 0 spiro atoms. The lowest BCUT2D eigenvalue weighted by atomic mass is 10.2. The Bertz CT molecular complexity index is 426. The van der Waals surface area contributed by atoms with Gasteiger partial charge in [-0.2, -0.15) is 0 Å². The molecule has 6 nitrogen and oxygen atoms in total. The van der Waals surface area contributed by atoms with E-state index in [4.69, 9.17) is 4.74 Å². The number of hydrogen-bond acceptors (Lipinski definition) is 5. The summed E-state index contributed by atoms with van der Waals surface area (Å²) in [4.78, 5) is 28.5. The molecule has 2 heterocycles. The molecule has 90 valence electrons. The van der Waals surface area contributed by atoms with Crippen LogP contribution in [0, 0.1) is 0 Å². The number of fused-ring (bicyclic) bond motifs is 1. The van der Waals surface area contributed by atoms with Crippen LogP contribution in [0.5, 0.6) is 0 Å². The first-order valence-corrected chi connectivity index (χ1v) is 5.12. The summed E-state index contributed by atoms with van der Waals surface area (Å²) in [6, 6.07) is 1.50. The molecule has 1 aliphatic heterocycles. The summed E-state index contributed by atoms with van der Waals surface area (Å²) in [5.41, 5.74) is 0.608. The Morgan fingerprint density at radius 1 is 1.41 bits per heavy atom. The number of imide groups is 1. The largest absolute Gasteiger partial charge is 0.389 e. The minimum absolute atomic E-state index is 0.0693. The van der Waals surface area contributed by atoms with E-state index in [9.17, 15) is 14.7 Å². The molecule has 0 bridgehead atoms. The number of ether oxygens (including phenoxy) is 1. The Kier molecular flexibility index (Phi) is 3.16. The minimum atomic E-state index is -0.879. The highest BCUT2D eigenvalue weighted by Crippen LogP contribution is 2.21. The number of aromatic nitrogens is 1. The van der Waals surface area contributed by atoms with E-state index in [2.05, 4.69) is 4.98 Å². The number of hydrogen-bond donors (Lipinski definition) is 1. The van der Waals surface area contributed by atoms with Crippen molar-refractivity contribution in [3.63, 3.8) is 0 Å². The zero-order valence-electron chi connectivity index (χ0n) is 9.29. The van der Waals surface area contributed by atoms with Gasteiger partial charge in [0.1, 0.15) is 0 Å². The Morgan fingerprint density at radius 2 is 2.12 bits per heavy atom. The summed E-state index contributed by atoms with van der Waals surface area (Å²) >= 11 is 0. The quantitative estimate of drug-likeness (QED) is 0.725. The van der Waals surface area contributed by atoms with Gasteiger partial charge in [0.15, 0.2) is 0 Å². The fraction of sp³-hybridized carbons (Fsp3) is 0.364. The van der Waals surface area contributed by atoms with Gasteiger partial charge in [0.25, 0.3) is 11.8 Å².